The highest BCUT2D eigenvalue weighted by atomic mass is 16.2. The molecule has 0 saturated carbocycles. The number of aromatic nitrogens is 1. The summed E-state index contributed by atoms with van der Waals surface area (Å²) >= 11 is 0. The van der Waals surface area contributed by atoms with Gasteiger partial charge in [-0.15, -0.1) is 0 Å². The number of para-hydroxylation sites is 1. The number of amides is 1. The standard InChI is InChI=1S/C18H18N2O/c1-13(14-8-4-3-5-9-14)19-18(21)17-12-15-10-6-7-11-16(15)20(17)2/h3-13H,1-2H3,(H,19,21)/t13-/m1/s1. The molecule has 1 aromatic heterocycles. The van der Waals surface area contributed by atoms with E-state index in [1.54, 1.807) is 0 Å². The van der Waals surface area contributed by atoms with Gasteiger partial charge >= 0.3 is 0 Å². The Morgan fingerprint density at radius 3 is 2.43 bits per heavy atom. The predicted octanol–water partition coefficient (Wildman–Crippen LogP) is 3.67. The van der Waals surface area contributed by atoms with E-state index in [0.717, 1.165) is 16.5 Å². The Labute approximate surface area is 124 Å². The van der Waals surface area contributed by atoms with Crippen LogP contribution in [-0.2, 0) is 7.05 Å². The second-order valence-corrected chi connectivity index (χ2v) is 5.25. The van der Waals surface area contributed by atoms with Crippen LogP contribution in [0.4, 0.5) is 0 Å². The number of nitrogens with one attached hydrogen (secondary N) is 1. The number of carbonyl (C=O) groups is 1. The first-order valence-corrected chi connectivity index (χ1v) is 7.07. The molecule has 3 rings (SSSR count). The Kier molecular flexibility index (Phi) is 3.48. The van der Waals surface area contributed by atoms with E-state index in [1.807, 2.05) is 79.2 Å². The van der Waals surface area contributed by atoms with Gasteiger partial charge < -0.3 is 9.88 Å². The van der Waals surface area contributed by atoms with Crippen LogP contribution in [-0.4, -0.2) is 10.5 Å². The maximum absolute atomic E-state index is 12.5. The largest absolute Gasteiger partial charge is 0.344 e. The summed E-state index contributed by atoms with van der Waals surface area (Å²) in [4.78, 5) is 12.5. The van der Waals surface area contributed by atoms with Gasteiger partial charge in [-0.1, -0.05) is 48.5 Å². The molecule has 3 heteroatoms. The Morgan fingerprint density at radius 1 is 1.05 bits per heavy atom. The molecule has 21 heavy (non-hydrogen) atoms. The molecule has 0 spiro atoms. The normalized spacial score (nSPS) is 12.3. The topological polar surface area (TPSA) is 34.0 Å². The zero-order valence-corrected chi connectivity index (χ0v) is 12.2. The van der Waals surface area contributed by atoms with Gasteiger partial charge in [0.15, 0.2) is 0 Å². The van der Waals surface area contributed by atoms with Crippen molar-refractivity contribution in [2.45, 2.75) is 13.0 Å². The Balaban J connectivity index is 1.86. The molecular formula is C18H18N2O. The summed E-state index contributed by atoms with van der Waals surface area (Å²) in [5.74, 6) is -0.0509. The van der Waals surface area contributed by atoms with E-state index in [0.29, 0.717) is 5.69 Å². The van der Waals surface area contributed by atoms with Gasteiger partial charge in [-0.05, 0) is 24.6 Å². The molecule has 0 bridgehead atoms. The maximum Gasteiger partial charge on any atom is 0.268 e. The number of nitrogens with zero attached hydrogens (tertiary/aromatic N) is 1. The van der Waals surface area contributed by atoms with Gasteiger partial charge in [0.05, 0.1) is 6.04 Å². The third kappa shape index (κ3) is 2.55. The zero-order valence-electron chi connectivity index (χ0n) is 12.2. The number of hydrogen-bond donors (Lipinski definition) is 1. The summed E-state index contributed by atoms with van der Waals surface area (Å²) in [6.45, 7) is 2.00. The summed E-state index contributed by atoms with van der Waals surface area (Å²) in [6, 6.07) is 19.9. The SMILES string of the molecule is C[C@@H](NC(=O)c1cc2ccccc2n1C)c1ccccc1. The van der Waals surface area contributed by atoms with Crippen molar-refractivity contribution in [3.63, 3.8) is 0 Å². The molecule has 1 amide bonds. The average molecular weight is 278 g/mol. The third-order valence-electron chi connectivity index (χ3n) is 3.83. The number of benzene rings is 2. The summed E-state index contributed by atoms with van der Waals surface area (Å²) in [6.07, 6.45) is 0. The fourth-order valence-electron chi connectivity index (χ4n) is 2.60. The molecule has 3 nitrogen and oxygen atoms in total. The number of aryl methyl sites for hydroxylation is 1. The first-order valence-electron chi connectivity index (χ1n) is 7.07. The van der Waals surface area contributed by atoms with Crippen molar-refractivity contribution < 1.29 is 4.79 Å². The maximum atomic E-state index is 12.5. The van der Waals surface area contributed by atoms with Crippen molar-refractivity contribution >= 4 is 16.8 Å². The van der Waals surface area contributed by atoms with Crippen LogP contribution in [0, 0.1) is 0 Å². The van der Waals surface area contributed by atoms with Gasteiger partial charge in [-0.2, -0.15) is 0 Å². The minimum Gasteiger partial charge on any atom is -0.344 e. The Bertz CT molecular complexity index is 774. The van der Waals surface area contributed by atoms with Crippen molar-refractivity contribution in [3.05, 3.63) is 71.9 Å². The van der Waals surface area contributed by atoms with Crippen LogP contribution in [0.5, 0.6) is 0 Å². The lowest BCUT2D eigenvalue weighted by atomic mass is 10.1. The minimum atomic E-state index is -0.0509. The molecule has 0 fully saturated rings. The molecule has 0 unspecified atom stereocenters. The van der Waals surface area contributed by atoms with E-state index in [-0.39, 0.29) is 11.9 Å². The van der Waals surface area contributed by atoms with Crippen LogP contribution in [0.15, 0.2) is 60.7 Å². The zero-order chi connectivity index (χ0) is 14.8. The van der Waals surface area contributed by atoms with Gasteiger partial charge in [0.2, 0.25) is 0 Å². The smallest absolute Gasteiger partial charge is 0.268 e. The van der Waals surface area contributed by atoms with Crippen molar-refractivity contribution in [2.75, 3.05) is 0 Å². The van der Waals surface area contributed by atoms with Crippen LogP contribution in [0.2, 0.25) is 0 Å². The first-order chi connectivity index (χ1) is 10.2. The lowest BCUT2D eigenvalue weighted by Gasteiger charge is -2.14. The summed E-state index contributed by atoms with van der Waals surface area (Å²) in [5, 5.41) is 4.14. The molecule has 1 N–H and O–H groups in total. The lowest BCUT2D eigenvalue weighted by molar-refractivity contribution is 0.0932. The molecule has 1 atom stereocenters. The molecule has 3 aromatic rings. The van der Waals surface area contributed by atoms with Gasteiger partial charge in [0, 0.05) is 18.0 Å². The second-order valence-electron chi connectivity index (χ2n) is 5.25. The molecule has 0 saturated heterocycles. The van der Waals surface area contributed by atoms with Crippen molar-refractivity contribution in [1.29, 1.82) is 0 Å². The summed E-state index contributed by atoms with van der Waals surface area (Å²) in [7, 11) is 1.92. The summed E-state index contributed by atoms with van der Waals surface area (Å²) in [5.41, 5.74) is 2.85. The van der Waals surface area contributed by atoms with E-state index in [9.17, 15) is 4.79 Å². The van der Waals surface area contributed by atoms with Crippen LogP contribution < -0.4 is 5.32 Å². The molecule has 1 heterocycles. The molecule has 0 radical (unpaired) electrons. The predicted molar refractivity (Wildman–Crippen MR) is 85.2 cm³/mol. The van der Waals surface area contributed by atoms with E-state index >= 15 is 0 Å². The van der Waals surface area contributed by atoms with Crippen molar-refractivity contribution in [2.24, 2.45) is 7.05 Å². The highest BCUT2D eigenvalue weighted by Gasteiger charge is 2.15. The van der Waals surface area contributed by atoms with Gasteiger partial charge in [0.25, 0.3) is 5.91 Å². The Hall–Kier alpha value is -2.55. The fraction of sp³-hybridized carbons (Fsp3) is 0.167. The number of rotatable bonds is 3. The van der Waals surface area contributed by atoms with Gasteiger partial charge in [-0.25, -0.2) is 0 Å². The van der Waals surface area contributed by atoms with Gasteiger partial charge in [0.1, 0.15) is 5.69 Å². The first kappa shape index (κ1) is 13.4. The summed E-state index contributed by atoms with van der Waals surface area (Å²) < 4.78 is 1.93. The molecular weight excluding hydrogens is 260 g/mol. The van der Waals surface area contributed by atoms with E-state index in [2.05, 4.69) is 5.32 Å². The van der Waals surface area contributed by atoms with E-state index < -0.39 is 0 Å². The van der Waals surface area contributed by atoms with Crippen molar-refractivity contribution in [1.82, 2.24) is 9.88 Å². The van der Waals surface area contributed by atoms with Crippen LogP contribution in [0.3, 0.4) is 0 Å². The molecule has 106 valence electrons. The van der Waals surface area contributed by atoms with Crippen LogP contribution >= 0.6 is 0 Å². The lowest BCUT2D eigenvalue weighted by Crippen LogP contribution is -2.28. The quantitative estimate of drug-likeness (QED) is 0.779. The highest BCUT2D eigenvalue weighted by Crippen LogP contribution is 2.19. The van der Waals surface area contributed by atoms with Crippen molar-refractivity contribution in [3.8, 4) is 0 Å². The number of carbonyl (C=O) groups excluding carboxylic acids is 1. The molecule has 0 aliphatic heterocycles. The Morgan fingerprint density at radius 2 is 1.71 bits per heavy atom. The second kappa shape index (κ2) is 5.44. The third-order valence-corrected chi connectivity index (χ3v) is 3.83. The van der Waals surface area contributed by atoms with Crippen LogP contribution in [0.25, 0.3) is 10.9 Å². The van der Waals surface area contributed by atoms with E-state index in [1.165, 1.54) is 0 Å². The number of hydrogen-bond acceptors (Lipinski definition) is 1. The monoisotopic (exact) mass is 278 g/mol. The highest BCUT2D eigenvalue weighted by molar-refractivity contribution is 5.98. The van der Waals surface area contributed by atoms with Gasteiger partial charge in [-0.3, -0.25) is 4.79 Å². The molecule has 0 aliphatic rings. The van der Waals surface area contributed by atoms with E-state index in [4.69, 9.17) is 0 Å². The van der Waals surface area contributed by atoms with Crippen LogP contribution in [0.1, 0.15) is 29.0 Å². The fourth-order valence-corrected chi connectivity index (χ4v) is 2.60. The number of fused-ring (bicyclic) bond motifs is 1. The molecule has 0 aliphatic carbocycles. The molecule has 2 aromatic carbocycles. The average Bonchev–Trinajstić information content (AvgIpc) is 2.86. The minimum absolute atomic E-state index is 0.0169.